The highest BCUT2D eigenvalue weighted by Crippen LogP contribution is 2.44. The average molecular weight is 341 g/mol. The standard InChI is InChI=1S/C19H27N5O/c1-3-23(4-2)11-14-9-20-18-16(10-21-24(18)12-14)19(25)22-17-8-13-5-6-15(17)7-13/h9-10,12-13,15,17H,3-8,11H2,1-2H3,(H,22,25). The van der Waals surface area contributed by atoms with Gasteiger partial charge in [0.2, 0.25) is 0 Å². The molecular formula is C19H27N5O. The number of nitrogens with zero attached hydrogens (tertiary/aromatic N) is 4. The quantitative estimate of drug-likeness (QED) is 0.877. The maximum Gasteiger partial charge on any atom is 0.256 e. The van der Waals surface area contributed by atoms with E-state index in [-0.39, 0.29) is 5.91 Å². The molecule has 0 spiro atoms. The molecule has 2 aromatic rings. The van der Waals surface area contributed by atoms with Gasteiger partial charge in [0.15, 0.2) is 5.65 Å². The molecule has 6 heteroatoms. The molecule has 134 valence electrons. The van der Waals surface area contributed by atoms with Crippen molar-refractivity contribution in [2.75, 3.05) is 13.1 Å². The largest absolute Gasteiger partial charge is 0.349 e. The summed E-state index contributed by atoms with van der Waals surface area (Å²) >= 11 is 0. The van der Waals surface area contributed by atoms with E-state index in [0.29, 0.717) is 23.2 Å². The highest BCUT2D eigenvalue weighted by Gasteiger charge is 2.40. The highest BCUT2D eigenvalue weighted by atomic mass is 16.1. The van der Waals surface area contributed by atoms with Crippen LogP contribution < -0.4 is 5.32 Å². The summed E-state index contributed by atoms with van der Waals surface area (Å²) in [6.07, 6.45) is 10.5. The van der Waals surface area contributed by atoms with Gasteiger partial charge in [-0.1, -0.05) is 20.3 Å². The second-order valence-corrected chi connectivity index (χ2v) is 7.50. The van der Waals surface area contributed by atoms with E-state index in [1.54, 1.807) is 10.7 Å². The molecular weight excluding hydrogens is 314 g/mol. The second kappa shape index (κ2) is 6.75. The molecule has 2 aromatic heterocycles. The zero-order valence-electron chi connectivity index (χ0n) is 15.1. The van der Waals surface area contributed by atoms with E-state index in [0.717, 1.165) is 37.5 Å². The normalized spacial score (nSPS) is 25.2. The number of rotatable bonds is 6. The van der Waals surface area contributed by atoms with Gasteiger partial charge in [-0.25, -0.2) is 9.50 Å². The van der Waals surface area contributed by atoms with E-state index in [1.165, 1.54) is 19.3 Å². The van der Waals surface area contributed by atoms with Crippen LogP contribution in [-0.4, -0.2) is 44.5 Å². The summed E-state index contributed by atoms with van der Waals surface area (Å²) in [4.78, 5) is 19.5. The van der Waals surface area contributed by atoms with Crippen LogP contribution in [0.2, 0.25) is 0 Å². The number of hydrogen-bond donors (Lipinski definition) is 1. The first-order valence-corrected chi connectivity index (χ1v) is 9.53. The lowest BCUT2D eigenvalue weighted by molar-refractivity contribution is 0.0924. The summed E-state index contributed by atoms with van der Waals surface area (Å²) in [6.45, 7) is 7.17. The van der Waals surface area contributed by atoms with Gasteiger partial charge in [0.1, 0.15) is 5.56 Å². The van der Waals surface area contributed by atoms with Crippen molar-refractivity contribution in [2.45, 2.75) is 52.1 Å². The lowest BCUT2D eigenvalue weighted by Crippen LogP contribution is -2.38. The molecule has 1 amide bonds. The van der Waals surface area contributed by atoms with E-state index in [1.807, 2.05) is 12.4 Å². The molecule has 3 atom stereocenters. The van der Waals surface area contributed by atoms with Crippen LogP contribution in [0.25, 0.3) is 5.65 Å². The topological polar surface area (TPSA) is 62.5 Å². The van der Waals surface area contributed by atoms with Crippen LogP contribution in [-0.2, 0) is 6.54 Å². The zero-order valence-corrected chi connectivity index (χ0v) is 15.1. The predicted molar refractivity (Wildman–Crippen MR) is 96.3 cm³/mol. The SMILES string of the molecule is CCN(CC)Cc1cnc2c(C(=O)NC3CC4CCC3C4)cnn2c1. The first-order chi connectivity index (χ1) is 12.2. The van der Waals surface area contributed by atoms with Crippen LogP contribution in [0.15, 0.2) is 18.6 Å². The summed E-state index contributed by atoms with van der Waals surface area (Å²) in [7, 11) is 0. The van der Waals surface area contributed by atoms with Crippen LogP contribution >= 0.6 is 0 Å². The van der Waals surface area contributed by atoms with Crippen molar-refractivity contribution >= 4 is 11.6 Å². The number of carbonyl (C=O) groups is 1. The molecule has 0 radical (unpaired) electrons. The first kappa shape index (κ1) is 16.5. The fourth-order valence-electron chi connectivity index (χ4n) is 4.53. The third-order valence-corrected chi connectivity index (χ3v) is 6.01. The molecule has 6 nitrogen and oxygen atoms in total. The van der Waals surface area contributed by atoms with Crippen molar-refractivity contribution in [1.29, 1.82) is 0 Å². The Hall–Kier alpha value is -1.95. The fraction of sp³-hybridized carbons (Fsp3) is 0.632. The monoisotopic (exact) mass is 341 g/mol. The van der Waals surface area contributed by atoms with Gasteiger partial charge in [-0.3, -0.25) is 9.69 Å². The van der Waals surface area contributed by atoms with E-state index in [4.69, 9.17) is 0 Å². The molecule has 2 aliphatic rings. The lowest BCUT2D eigenvalue weighted by atomic mass is 9.95. The third kappa shape index (κ3) is 3.15. The van der Waals surface area contributed by atoms with Crippen molar-refractivity contribution in [2.24, 2.45) is 11.8 Å². The van der Waals surface area contributed by atoms with Gasteiger partial charge in [-0.05, 0) is 44.2 Å². The summed E-state index contributed by atoms with van der Waals surface area (Å²) in [5, 5.41) is 7.59. The molecule has 0 saturated heterocycles. The first-order valence-electron chi connectivity index (χ1n) is 9.53. The van der Waals surface area contributed by atoms with Crippen LogP contribution in [0.5, 0.6) is 0 Å². The minimum atomic E-state index is -0.0310. The number of amides is 1. The molecule has 4 rings (SSSR count). The third-order valence-electron chi connectivity index (χ3n) is 6.01. The lowest BCUT2D eigenvalue weighted by Gasteiger charge is -2.22. The number of fused-ring (bicyclic) bond motifs is 3. The van der Waals surface area contributed by atoms with Gasteiger partial charge in [0.05, 0.1) is 6.20 Å². The Morgan fingerprint density at radius 3 is 2.80 bits per heavy atom. The van der Waals surface area contributed by atoms with Crippen LogP contribution in [0.4, 0.5) is 0 Å². The molecule has 2 saturated carbocycles. The molecule has 25 heavy (non-hydrogen) atoms. The minimum absolute atomic E-state index is 0.0310. The van der Waals surface area contributed by atoms with Gasteiger partial charge in [-0.2, -0.15) is 5.10 Å². The summed E-state index contributed by atoms with van der Waals surface area (Å²) in [5.74, 6) is 1.46. The Morgan fingerprint density at radius 2 is 2.12 bits per heavy atom. The maximum absolute atomic E-state index is 12.7. The summed E-state index contributed by atoms with van der Waals surface area (Å²) < 4.78 is 1.73. The maximum atomic E-state index is 12.7. The molecule has 2 aliphatic carbocycles. The zero-order chi connectivity index (χ0) is 17.4. The Kier molecular flexibility index (Phi) is 4.46. The van der Waals surface area contributed by atoms with Crippen LogP contribution in [0, 0.1) is 11.8 Å². The van der Waals surface area contributed by atoms with Crippen LogP contribution in [0.3, 0.4) is 0 Å². The molecule has 1 N–H and O–H groups in total. The Balaban J connectivity index is 1.49. The molecule has 0 aromatic carbocycles. The number of carbonyl (C=O) groups excluding carboxylic acids is 1. The second-order valence-electron chi connectivity index (χ2n) is 7.50. The Morgan fingerprint density at radius 1 is 1.28 bits per heavy atom. The van der Waals surface area contributed by atoms with Gasteiger partial charge < -0.3 is 5.32 Å². The van der Waals surface area contributed by atoms with Gasteiger partial charge in [0, 0.05) is 30.5 Å². The van der Waals surface area contributed by atoms with Gasteiger partial charge >= 0.3 is 0 Å². The van der Waals surface area contributed by atoms with E-state index < -0.39 is 0 Å². The molecule has 0 aliphatic heterocycles. The number of nitrogens with one attached hydrogen (secondary N) is 1. The van der Waals surface area contributed by atoms with Crippen molar-refractivity contribution in [1.82, 2.24) is 24.8 Å². The minimum Gasteiger partial charge on any atom is -0.349 e. The average Bonchev–Trinajstić information content (AvgIpc) is 3.34. The summed E-state index contributed by atoms with van der Waals surface area (Å²) in [5.41, 5.74) is 2.33. The Bertz CT molecular complexity index is 766. The highest BCUT2D eigenvalue weighted by molar-refractivity contribution is 5.99. The molecule has 3 unspecified atom stereocenters. The van der Waals surface area contributed by atoms with E-state index in [2.05, 4.69) is 34.1 Å². The van der Waals surface area contributed by atoms with Crippen LogP contribution in [0.1, 0.15) is 55.5 Å². The van der Waals surface area contributed by atoms with E-state index in [9.17, 15) is 4.79 Å². The van der Waals surface area contributed by atoms with Gasteiger partial charge in [0.25, 0.3) is 5.91 Å². The van der Waals surface area contributed by atoms with Crippen molar-refractivity contribution in [3.63, 3.8) is 0 Å². The molecule has 2 fully saturated rings. The number of aromatic nitrogens is 3. The summed E-state index contributed by atoms with van der Waals surface area (Å²) in [6, 6.07) is 0.336. The smallest absolute Gasteiger partial charge is 0.256 e. The van der Waals surface area contributed by atoms with Crippen molar-refractivity contribution in [3.05, 3.63) is 29.7 Å². The van der Waals surface area contributed by atoms with Crippen molar-refractivity contribution in [3.8, 4) is 0 Å². The van der Waals surface area contributed by atoms with Crippen molar-refractivity contribution < 1.29 is 4.79 Å². The fourth-order valence-corrected chi connectivity index (χ4v) is 4.53. The number of hydrogen-bond acceptors (Lipinski definition) is 4. The molecule has 2 heterocycles. The Labute approximate surface area is 148 Å². The molecule has 2 bridgehead atoms. The predicted octanol–water partition coefficient (Wildman–Crippen LogP) is 2.49. The van der Waals surface area contributed by atoms with E-state index >= 15 is 0 Å². The van der Waals surface area contributed by atoms with Gasteiger partial charge in [-0.15, -0.1) is 0 Å².